The van der Waals surface area contributed by atoms with Crippen molar-refractivity contribution >= 4 is 17.7 Å². The first-order valence-electron chi connectivity index (χ1n) is 5.59. The van der Waals surface area contributed by atoms with Gasteiger partial charge in [-0.15, -0.1) is 0 Å². The molecule has 2 aromatic carbocycles. The van der Waals surface area contributed by atoms with Crippen LogP contribution in [-0.4, -0.2) is 12.0 Å². The van der Waals surface area contributed by atoms with E-state index in [-0.39, 0.29) is 11.3 Å². The molecule has 0 aliphatic heterocycles. The number of nitrogens with two attached hydrogens (primary N) is 1. The van der Waals surface area contributed by atoms with Crippen LogP contribution in [0.15, 0.2) is 54.6 Å². The second kappa shape index (κ2) is 5.68. The zero-order chi connectivity index (χ0) is 13.7. The maximum Gasteiger partial charge on any atom is 0.417 e. The van der Waals surface area contributed by atoms with Crippen LogP contribution in [0.3, 0.4) is 0 Å². The van der Waals surface area contributed by atoms with E-state index in [1.54, 1.807) is 42.5 Å². The van der Waals surface area contributed by atoms with Crippen molar-refractivity contribution in [3.8, 4) is 5.75 Å². The molecule has 3 N–H and O–H groups in total. The molecule has 0 bridgehead atoms. The predicted molar refractivity (Wildman–Crippen MR) is 71.0 cm³/mol. The van der Waals surface area contributed by atoms with E-state index in [0.717, 1.165) is 0 Å². The number of anilines is 1. The summed E-state index contributed by atoms with van der Waals surface area (Å²) in [5, 5.41) is 2.56. The molecule has 5 nitrogen and oxygen atoms in total. The largest absolute Gasteiger partial charge is 0.417 e. The van der Waals surface area contributed by atoms with Crippen molar-refractivity contribution in [1.29, 1.82) is 0 Å². The van der Waals surface area contributed by atoms with Gasteiger partial charge < -0.3 is 10.5 Å². The lowest BCUT2D eigenvalue weighted by Crippen LogP contribution is -2.17. The average Bonchev–Trinajstić information content (AvgIpc) is 2.40. The van der Waals surface area contributed by atoms with Gasteiger partial charge in [0.2, 0.25) is 5.91 Å². The minimum absolute atomic E-state index is 0.254. The van der Waals surface area contributed by atoms with Crippen LogP contribution in [0.25, 0.3) is 0 Å². The second-order valence-electron chi connectivity index (χ2n) is 3.77. The molecule has 0 atom stereocenters. The number of nitrogens with one attached hydrogen (secondary N) is 1. The van der Waals surface area contributed by atoms with Crippen LogP contribution in [0, 0.1) is 0 Å². The van der Waals surface area contributed by atoms with Crippen LogP contribution < -0.4 is 15.8 Å². The SMILES string of the molecule is NC(=O)c1cccc(OC(=O)Nc2ccccc2)c1. The minimum Gasteiger partial charge on any atom is -0.410 e. The topological polar surface area (TPSA) is 81.4 Å². The lowest BCUT2D eigenvalue weighted by Gasteiger charge is -2.07. The number of hydrogen-bond donors (Lipinski definition) is 2. The van der Waals surface area contributed by atoms with Crippen molar-refractivity contribution in [2.75, 3.05) is 5.32 Å². The van der Waals surface area contributed by atoms with E-state index in [4.69, 9.17) is 10.5 Å². The van der Waals surface area contributed by atoms with Crippen molar-refractivity contribution in [2.45, 2.75) is 0 Å². The highest BCUT2D eigenvalue weighted by Gasteiger charge is 2.07. The normalized spacial score (nSPS) is 9.68. The summed E-state index contributed by atoms with van der Waals surface area (Å²) in [4.78, 5) is 22.6. The van der Waals surface area contributed by atoms with E-state index in [0.29, 0.717) is 5.69 Å². The van der Waals surface area contributed by atoms with Crippen LogP contribution in [-0.2, 0) is 0 Å². The van der Waals surface area contributed by atoms with E-state index in [2.05, 4.69) is 5.32 Å². The number of benzene rings is 2. The Morgan fingerprint density at radius 3 is 2.42 bits per heavy atom. The van der Waals surface area contributed by atoms with E-state index < -0.39 is 12.0 Å². The predicted octanol–water partition coefficient (Wildman–Crippen LogP) is 2.40. The number of hydrogen-bond acceptors (Lipinski definition) is 3. The van der Waals surface area contributed by atoms with Crippen LogP contribution >= 0.6 is 0 Å². The van der Waals surface area contributed by atoms with E-state index in [1.165, 1.54) is 6.07 Å². The number of para-hydroxylation sites is 1. The molecule has 5 heteroatoms. The van der Waals surface area contributed by atoms with Crippen molar-refractivity contribution in [3.05, 3.63) is 60.2 Å². The molecule has 2 amide bonds. The monoisotopic (exact) mass is 256 g/mol. The van der Waals surface area contributed by atoms with Gasteiger partial charge in [-0.3, -0.25) is 10.1 Å². The first-order valence-corrected chi connectivity index (χ1v) is 5.59. The van der Waals surface area contributed by atoms with Crippen molar-refractivity contribution in [2.24, 2.45) is 5.73 Å². The highest BCUT2D eigenvalue weighted by Crippen LogP contribution is 2.14. The van der Waals surface area contributed by atoms with Crippen molar-refractivity contribution < 1.29 is 14.3 Å². The van der Waals surface area contributed by atoms with Gasteiger partial charge in [0.15, 0.2) is 0 Å². The second-order valence-corrected chi connectivity index (χ2v) is 3.77. The number of rotatable bonds is 3. The molecule has 19 heavy (non-hydrogen) atoms. The van der Waals surface area contributed by atoms with E-state index in [9.17, 15) is 9.59 Å². The molecule has 0 saturated carbocycles. The molecule has 0 saturated heterocycles. The first kappa shape index (κ1) is 12.6. The van der Waals surface area contributed by atoms with E-state index in [1.807, 2.05) is 6.07 Å². The minimum atomic E-state index is -0.632. The standard InChI is InChI=1S/C14H12N2O3/c15-13(17)10-5-4-8-12(9-10)19-14(18)16-11-6-2-1-3-7-11/h1-9H,(H2,15,17)(H,16,18). The fraction of sp³-hybridized carbons (Fsp3) is 0. The molecule has 0 aliphatic rings. The Morgan fingerprint density at radius 1 is 1.00 bits per heavy atom. The van der Waals surface area contributed by atoms with Crippen LogP contribution in [0.4, 0.5) is 10.5 Å². The van der Waals surface area contributed by atoms with Gasteiger partial charge in [-0.05, 0) is 30.3 Å². The molecule has 0 spiro atoms. The van der Waals surface area contributed by atoms with Gasteiger partial charge in [-0.2, -0.15) is 0 Å². The summed E-state index contributed by atoms with van der Waals surface area (Å²) in [5.41, 5.74) is 6.05. The number of carbonyl (C=O) groups is 2. The maximum absolute atomic E-state index is 11.6. The van der Waals surface area contributed by atoms with Crippen LogP contribution in [0.1, 0.15) is 10.4 Å². The fourth-order valence-corrected chi connectivity index (χ4v) is 1.48. The Kier molecular flexibility index (Phi) is 3.78. The quantitative estimate of drug-likeness (QED) is 0.884. The van der Waals surface area contributed by atoms with Gasteiger partial charge in [-0.25, -0.2) is 4.79 Å². The third-order valence-corrected chi connectivity index (χ3v) is 2.35. The summed E-state index contributed by atoms with van der Waals surface area (Å²) >= 11 is 0. The first-order chi connectivity index (χ1) is 9.15. The molecule has 0 unspecified atom stereocenters. The van der Waals surface area contributed by atoms with Crippen LogP contribution in [0.5, 0.6) is 5.75 Å². The highest BCUT2D eigenvalue weighted by atomic mass is 16.6. The molecular weight excluding hydrogens is 244 g/mol. The highest BCUT2D eigenvalue weighted by molar-refractivity contribution is 5.93. The Labute approximate surface area is 110 Å². The zero-order valence-electron chi connectivity index (χ0n) is 10.00. The van der Waals surface area contributed by atoms with Crippen molar-refractivity contribution in [3.63, 3.8) is 0 Å². The Bertz CT molecular complexity index is 597. The molecular formula is C14H12N2O3. The summed E-state index contributed by atoms with van der Waals surface area (Å²) in [6.07, 6.45) is -0.632. The number of carbonyl (C=O) groups excluding carboxylic acids is 2. The van der Waals surface area contributed by atoms with Gasteiger partial charge in [0.1, 0.15) is 5.75 Å². The summed E-state index contributed by atoms with van der Waals surface area (Å²) < 4.78 is 5.05. The zero-order valence-corrected chi connectivity index (χ0v) is 10.00. The summed E-state index contributed by atoms with van der Waals surface area (Å²) in [5.74, 6) is -0.321. The molecule has 0 heterocycles. The lowest BCUT2D eigenvalue weighted by atomic mass is 10.2. The molecule has 0 aromatic heterocycles. The number of ether oxygens (including phenoxy) is 1. The van der Waals surface area contributed by atoms with E-state index >= 15 is 0 Å². The van der Waals surface area contributed by atoms with Gasteiger partial charge in [0, 0.05) is 11.3 Å². The van der Waals surface area contributed by atoms with Crippen LogP contribution in [0.2, 0.25) is 0 Å². The molecule has 2 aromatic rings. The average molecular weight is 256 g/mol. The summed E-state index contributed by atoms with van der Waals surface area (Å²) in [7, 11) is 0. The fourth-order valence-electron chi connectivity index (χ4n) is 1.48. The van der Waals surface area contributed by atoms with Gasteiger partial charge >= 0.3 is 6.09 Å². The van der Waals surface area contributed by atoms with Crippen molar-refractivity contribution in [1.82, 2.24) is 0 Å². The molecule has 0 radical (unpaired) electrons. The third kappa shape index (κ3) is 3.57. The van der Waals surface area contributed by atoms with Gasteiger partial charge in [0.05, 0.1) is 0 Å². The van der Waals surface area contributed by atoms with Gasteiger partial charge in [0.25, 0.3) is 0 Å². The molecule has 96 valence electrons. The summed E-state index contributed by atoms with van der Waals surface area (Å²) in [6.45, 7) is 0. The number of amides is 2. The third-order valence-electron chi connectivity index (χ3n) is 2.35. The Morgan fingerprint density at radius 2 is 1.74 bits per heavy atom. The summed E-state index contributed by atoms with van der Waals surface area (Å²) in [6, 6.07) is 15.0. The lowest BCUT2D eigenvalue weighted by molar-refractivity contribution is 0.0999. The smallest absolute Gasteiger partial charge is 0.410 e. The Hall–Kier alpha value is -2.82. The molecule has 0 aliphatic carbocycles. The van der Waals surface area contributed by atoms with Gasteiger partial charge in [-0.1, -0.05) is 24.3 Å². The number of primary amides is 1. The maximum atomic E-state index is 11.6. The Balaban J connectivity index is 2.03. The molecule has 0 fully saturated rings. The molecule has 2 rings (SSSR count).